The molecule has 1 aliphatic heterocycles. The third kappa shape index (κ3) is 5.35. The summed E-state index contributed by atoms with van der Waals surface area (Å²) in [6.45, 7) is 18.9. The second kappa shape index (κ2) is 7.95. The molecule has 1 aliphatic rings. The summed E-state index contributed by atoms with van der Waals surface area (Å²) in [5.74, 6) is 0. The number of rotatable bonds is 2. The largest absolute Gasteiger partial charge is 0.444 e. The molecule has 0 unspecified atom stereocenters. The Morgan fingerprint density at radius 3 is 2.36 bits per heavy atom. The van der Waals surface area contributed by atoms with Gasteiger partial charge in [-0.2, -0.15) is 0 Å². The molecule has 0 aliphatic carbocycles. The molecule has 8 nitrogen and oxygen atoms in total. The fourth-order valence-electron chi connectivity index (χ4n) is 2.75. The number of ether oxygens (including phenoxy) is 2. The van der Waals surface area contributed by atoms with Gasteiger partial charge in [0.15, 0.2) is 5.13 Å². The van der Waals surface area contributed by atoms with Crippen LogP contribution < -0.4 is 4.90 Å². The lowest BCUT2D eigenvalue weighted by atomic mass is 10.1. The fraction of sp³-hybridized carbons (Fsp3) is 0.684. The van der Waals surface area contributed by atoms with E-state index >= 15 is 0 Å². The molecule has 0 bridgehead atoms. The summed E-state index contributed by atoms with van der Waals surface area (Å²) >= 11 is 1.12. The molecular formula is C19H28N4O4S. The highest BCUT2D eigenvalue weighted by Crippen LogP contribution is 2.43. The third-order valence-corrected chi connectivity index (χ3v) is 4.92. The maximum absolute atomic E-state index is 12.6. The van der Waals surface area contributed by atoms with E-state index in [1.165, 1.54) is 4.90 Å². The van der Waals surface area contributed by atoms with Gasteiger partial charge in [0.25, 0.3) is 5.00 Å². The van der Waals surface area contributed by atoms with Crippen LogP contribution in [0.3, 0.4) is 0 Å². The summed E-state index contributed by atoms with van der Waals surface area (Å²) in [5.41, 5.74) is -0.724. The van der Waals surface area contributed by atoms with Crippen LogP contribution in [-0.4, -0.2) is 46.9 Å². The number of amides is 2. The van der Waals surface area contributed by atoms with Crippen molar-refractivity contribution in [3.05, 3.63) is 17.1 Å². The number of aromatic nitrogens is 1. The third-order valence-electron chi connectivity index (χ3n) is 3.88. The van der Waals surface area contributed by atoms with Gasteiger partial charge in [0.2, 0.25) is 0 Å². The lowest BCUT2D eigenvalue weighted by Crippen LogP contribution is -2.36. The van der Waals surface area contributed by atoms with Gasteiger partial charge in [-0.25, -0.2) is 19.4 Å². The molecule has 0 spiro atoms. The summed E-state index contributed by atoms with van der Waals surface area (Å²) in [6.07, 6.45) is 0.540. The van der Waals surface area contributed by atoms with Crippen molar-refractivity contribution in [1.29, 1.82) is 0 Å². The van der Waals surface area contributed by atoms with Crippen LogP contribution >= 0.6 is 11.3 Å². The van der Waals surface area contributed by atoms with Gasteiger partial charge in [-0.15, -0.1) is 11.3 Å². The number of hydrogen-bond donors (Lipinski definition) is 0. The van der Waals surface area contributed by atoms with E-state index in [1.807, 2.05) is 20.8 Å². The smallest absolute Gasteiger partial charge is 0.416 e. The summed E-state index contributed by atoms with van der Waals surface area (Å²) in [5, 5.41) is 0.733. The zero-order valence-electron chi connectivity index (χ0n) is 17.5. The van der Waals surface area contributed by atoms with Gasteiger partial charge in [-0.05, 0) is 54.4 Å². The van der Waals surface area contributed by atoms with Crippen molar-refractivity contribution in [1.82, 2.24) is 9.88 Å². The number of carbonyl (C=O) groups excluding carboxylic acids is 2. The molecule has 2 heterocycles. The molecule has 2 amide bonds. The number of hydrogen-bond acceptors (Lipinski definition) is 6. The SMILES string of the molecule is [C-]#[N+]c1sc(N(C)C(=O)OC(C)(C)C)nc1[C@H]1CCCN1C(=O)OC(C)(C)C. The summed E-state index contributed by atoms with van der Waals surface area (Å²) < 4.78 is 10.9. The molecule has 1 aromatic rings. The van der Waals surface area contributed by atoms with Gasteiger partial charge in [0.1, 0.15) is 11.2 Å². The van der Waals surface area contributed by atoms with Gasteiger partial charge >= 0.3 is 12.2 Å². The number of carbonyl (C=O) groups is 2. The first-order chi connectivity index (χ1) is 12.8. The van der Waals surface area contributed by atoms with Crippen LogP contribution in [0.1, 0.15) is 66.1 Å². The van der Waals surface area contributed by atoms with Gasteiger partial charge in [-0.3, -0.25) is 4.90 Å². The van der Waals surface area contributed by atoms with Crippen molar-refractivity contribution in [3.63, 3.8) is 0 Å². The van der Waals surface area contributed by atoms with Gasteiger partial charge in [-0.1, -0.05) is 0 Å². The first kappa shape index (κ1) is 22.0. The topological polar surface area (TPSA) is 76.3 Å². The quantitative estimate of drug-likeness (QED) is 0.634. The Balaban J connectivity index is 2.27. The first-order valence-electron chi connectivity index (χ1n) is 9.17. The Morgan fingerprint density at radius 1 is 1.21 bits per heavy atom. The second-order valence-electron chi connectivity index (χ2n) is 8.67. The van der Waals surface area contributed by atoms with Crippen molar-refractivity contribution in [2.24, 2.45) is 0 Å². The predicted octanol–water partition coefficient (Wildman–Crippen LogP) is 5.14. The Kier molecular flexibility index (Phi) is 6.24. The molecule has 1 saturated heterocycles. The fourth-order valence-corrected chi connectivity index (χ4v) is 3.61. The van der Waals surface area contributed by atoms with Crippen LogP contribution in [-0.2, 0) is 9.47 Å². The van der Waals surface area contributed by atoms with E-state index in [-0.39, 0.29) is 6.04 Å². The van der Waals surface area contributed by atoms with Crippen molar-refractivity contribution < 1.29 is 19.1 Å². The van der Waals surface area contributed by atoms with E-state index in [2.05, 4.69) is 9.83 Å². The molecular weight excluding hydrogens is 380 g/mol. The molecule has 2 rings (SSSR count). The van der Waals surface area contributed by atoms with Crippen LogP contribution in [0.5, 0.6) is 0 Å². The molecule has 0 saturated carbocycles. The van der Waals surface area contributed by atoms with Gasteiger partial charge < -0.3 is 14.4 Å². The maximum atomic E-state index is 12.6. The minimum absolute atomic E-state index is 0.337. The van der Waals surface area contributed by atoms with Crippen molar-refractivity contribution in [3.8, 4) is 0 Å². The molecule has 0 radical (unpaired) electrons. The predicted molar refractivity (Wildman–Crippen MR) is 108 cm³/mol. The van der Waals surface area contributed by atoms with Crippen LogP contribution in [0.15, 0.2) is 0 Å². The summed E-state index contributed by atoms with van der Waals surface area (Å²) in [7, 11) is 1.56. The lowest BCUT2D eigenvalue weighted by molar-refractivity contribution is 0.0222. The number of nitrogens with zero attached hydrogens (tertiary/aromatic N) is 4. The van der Waals surface area contributed by atoms with Crippen molar-refractivity contribution in [2.45, 2.75) is 71.6 Å². The zero-order valence-corrected chi connectivity index (χ0v) is 18.3. The highest BCUT2D eigenvalue weighted by Gasteiger charge is 2.37. The number of likely N-dealkylation sites (tertiary alicyclic amines) is 1. The Hall–Kier alpha value is -2.34. The number of anilines is 1. The first-order valence-corrected chi connectivity index (χ1v) is 9.98. The van der Waals surface area contributed by atoms with E-state index in [9.17, 15) is 9.59 Å². The Morgan fingerprint density at radius 2 is 1.82 bits per heavy atom. The summed E-state index contributed by atoms with van der Waals surface area (Å²) in [6, 6.07) is -0.337. The van der Waals surface area contributed by atoms with E-state index < -0.39 is 23.4 Å². The van der Waals surface area contributed by atoms with Crippen LogP contribution in [0.4, 0.5) is 19.7 Å². The van der Waals surface area contributed by atoms with Crippen LogP contribution in [0, 0.1) is 6.57 Å². The van der Waals surface area contributed by atoms with Gasteiger partial charge in [0.05, 0.1) is 18.3 Å². The molecule has 0 N–H and O–H groups in total. The average molecular weight is 409 g/mol. The van der Waals surface area contributed by atoms with Crippen molar-refractivity contribution in [2.75, 3.05) is 18.5 Å². The minimum Gasteiger partial charge on any atom is -0.444 e. The highest BCUT2D eigenvalue weighted by atomic mass is 32.1. The second-order valence-corrected chi connectivity index (χ2v) is 9.63. The van der Waals surface area contributed by atoms with E-state index in [1.54, 1.807) is 32.7 Å². The maximum Gasteiger partial charge on any atom is 0.416 e. The molecule has 1 fully saturated rings. The molecule has 28 heavy (non-hydrogen) atoms. The summed E-state index contributed by atoms with van der Waals surface area (Å²) in [4.78, 5) is 35.9. The molecule has 1 aromatic heterocycles. The standard InChI is InChI=1S/C19H28N4O4S/c1-18(2,3)26-16(24)22(8)15-21-13(14(20-7)28-15)12-10-9-11-23(12)17(25)27-19(4,5)6/h12H,9-11H2,1-6,8H3/t12-/m1/s1. The van der Waals surface area contributed by atoms with Crippen LogP contribution in [0.2, 0.25) is 0 Å². The average Bonchev–Trinajstić information content (AvgIpc) is 3.16. The minimum atomic E-state index is -0.632. The highest BCUT2D eigenvalue weighted by molar-refractivity contribution is 7.20. The zero-order chi connectivity index (χ0) is 21.3. The van der Waals surface area contributed by atoms with E-state index in [0.717, 1.165) is 17.8 Å². The van der Waals surface area contributed by atoms with Crippen molar-refractivity contribution >= 4 is 33.7 Å². The molecule has 1 atom stereocenters. The van der Waals surface area contributed by atoms with E-state index in [0.29, 0.717) is 28.8 Å². The Labute approximate surface area is 170 Å². The molecule has 154 valence electrons. The number of thiazole rings is 1. The van der Waals surface area contributed by atoms with E-state index in [4.69, 9.17) is 16.0 Å². The monoisotopic (exact) mass is 408 g/mol. The Bertz CT molecular complexity index is 785. The normalized spacial score (nSPS) is 17.2. The lowest BCUT2D eigenvalue weighted by Gasteiger charge is -2.28. The molecule has 0 aromatic carbocycles. The molecule has 9 heteroatoms. The van der Waals surface area contributed by atoms with Gasteiger partial charge in [0, 0.05) is 13.6 Å². The van der Waals surface area contributed by atoms with Crippen LogP contribution in [0.25, 0.3) is 4.85 Å².